The number of ether oxygens (including phenoxy) is 2. The van der Waals surface area contributed by atoms with Crippen LogP contribution in [0.1, 0.15) is 11.1 Å². The topological polar surface area (TPSA) is 37.8 Å². The third kappa shape index (κ3) is 3.83. The molecule has 1 saturated heterocycles. The van der Waals surface area contributed by atoms with Gasteiger partial charge in [0, 0.05) is 50.8 Å². The van der Waals surface area contributed by atoms with E-state index in [0.29, 0.717) is 16.5 Å². The smallest absolute Gasteiger partial charge is 0.179 e. The van der Waals surface area contributed by atoms with Gasteiger partial charge in [-0.2, -0.15) is 0 Å². The standard InChI is InChI=1S/C19H24ClN3O2/c1-14-12-21-7-6-16(14)23-10-8-22(9-11-23)13-15-4-5-17(24-2)19(25-3)18(15)20/h4-7,12H,8-11,13H2,1-3H3. The molecule has 5 nitrogen and oxygen atoms in total. The fourth-order valence-corrected chi connectivity index (χ4v) is 3.55. The van der Waals surface area contributed by atoms with E-state index in [1.54, 1.807) is 14.2 Å². The number of hydrogen-bond acceptors (Lipinski definition) is 5. The van der Waals surface area contributed by atoms with E-state index in [1.165, 1.54) is 11.3 Å². The molecule has 1 aromatic heterocycles. The molecule has 0 bridgehead atoms. The monoisotopic (exact) mass is 361 g/mol. The van der Waals surface area contributed by atoms with Crippen molar-refractivity contribution in [1.29, 1.82) is 0 Å². The maximum absolute atomic E-state index is 6.51. The minimum atomic E-state index is 0.604. The van der Waals surface area contributed by atoms with Crippen LogP contribution in [0.15, 0.2) is 30.6 Å². The van der Waals surface area contributed by atoms with Crippen LogP contribution in [0.4, 0.5) is 5.69 Å². The van der Waals surface area contributed by atoms with Crippen LogP contribution in [0.3, 0.4) is 0 Å². The molecule has 2 heterocycles. The van der Waals surface area contributed by atoms with Gasteiger partial charge in [0.15, 0.2) is 11.5 Å². The van der Waals surface area contributed by atoms with Gasteiger partial charge >= 0.3 is 0 Å². The van der Waals surface area contributed by atoms with Crippen LogP contribution in [0, 0.1) is 6.92 Å². The second-order valence-corrected chi connectivity index (χ2v) is 6.58. The second kappa shape index (κ2) is 7.93. The van der Waals surface area contributed by atoms with Gasteiger partial charge in [-0.05, 0) is 30.2 Å². The lowest BCUT2D eigenvalue weighted by Crippen LogP contribution is -2.46. The highest BCUT2D eigenvalue weighted by Gasteiger charge is 2.20. The first-order chi connectivity index (χ1) is 12.1. The van der Waals surface area contributed by atoms with Crippen LogP contribution in [0.25, 0.3) is 0 Å². The van der Waals surface area contributed by atoms with Gasteiger partial charge in [-0.3, -0.25) is 9.88 Å². The third-order valence-electron chi connectivity index (χ3n) is 4.66. The molecule has 3 rings (SSSR count). The lowest BCUT2D eigenvalue weighted by molar-refractivity contribution is 0.249. The van der Waals surface area contributed by atoms with E-state index in [-0.39, 0.29) is 0 Å². The van der Waals surface area contributed by atoms with E-state index in [2.05, 4.69) is 27.8 Å². The molecule has 0 N–H and O–H groups in total. The average molecular weight is 362 g/mol. The lowest BCUT2D eigenvalue weighted by atomic mass is 10.1. The molecule has 0 radical (unpaired) electrons. The van der Waals surface area contributed by atoms with Crippen molar-refractivity contribution in [2.24, 2.45) is 0 Å². The summed E-state index contributed by atoms with van der Waals surface area (Å²) in [5, 5.41) is 0.634. The van der Waals surface area contributed by atoms with Crippen molar-refractivity contribution in [2.75, 3.05) is 45.3 Å². The van der Waals surface area contributed by atoms with Gasteiger partial charge in [-0.1, -0.05) is 17.7 Å². The fraction of sp³-hybridized carbons (Fsp3) is 0.421. The Bertz CT molecular complexity index is 731. The first kappa shape index (κ1) is 17.8. The number of methoxy groups -OCH3 is 2. The van der Waals surface area contributed by atoms with Crippen molar-refractivity contribution >= 4 is 17.3 Å². The summed E-state index contributed by atoms with van der Waals surface area (Å²) in [6, 6.07) is 6.02. The molecule has 0 aliphatic carbocycles. The number of aryl methyl sites for hydroxylation is 1. The normalized spacial score (nSPS) is 15.3. The van der Waals surface area contributed by atoms with E-state index in [1.807, 2.05) is 24.5 Å². The lowest BCUT2D eigenvalue weighted by Gasteiger charge is -2.36. The zero-order chi connectivity index (χ0) is 17.8. The zero-order valence-electron chi connectivity index (χ0n) is 15.0. The third-order valence-corrected chi connectivity index (χ3v) is 5.08. The predicted octanol–water partition coefficient (Wildman–Crippen LogP) is 3.38. The maximum Gasteiger partial charge on any atom is 0.179 e. The Morgan fingerprint density at radius 3 is 2.48 bits per heavy atom. The number of benzene rings is 1. The Kier molecular flexibility index (Phi) is 5.66. The fourth-order valence-electron chi connectivity index (χ4n) is 3.26. The molecule has 1 aromatic carbocycles. The van der Waals surface area contributed by atoms with E-state index in [9.17, 15) is 0 Å². The number of piperazine rings is 1. The number of aromatic nitrogens is 1. The molecular formula is C19H24ClN3O2. The quantitative estimate of drug-likeness (QED) is 0.816. The zero-order valence-corrected chi connectivity index (χ0v) is 15.7. The average Bonchev–Trinajstić information content (AvgIpc) is 2.64. The minimum absolute atomic E-state index is 0.604. The molecule has 1 aliphatic rings. The summed E-state index contributed by atoms with van der Waals surface area (Å²) >= 11 is 6.51. The van der Waals surface area contributed by atoms with E-state index < -0.39 is 0 Å². The van der Waals surface area contributed by atoms with Crippen LogP contribution in [-0.4, -0.2) is 50.3 Å². The van der Waals surface area contributed by atoms with E-state index in [0.717, 1.165) is 38.3 Å². The molecule has 0 saturated carbocycles. The Balaban J connectivity index is 1.66. The number of pyridine rings is 1. The van der Waals surface area contributed by atoms with E-state index >= 15 is 0 Å². The molecule has 0 amide bonds. The maximum atomic E-state index is 6.51. The van der Waals surface area contributed by atoms with Crippen molar-refractivity contribution in [3.05, 3.63) is 46.7 Å². The highest BCUT2D eigenvalue weighted by Crippen LogP contribution is 2.37. The highest BCUT2D eigenvalue weighted by molar-refractivity contribution is 6.33. The van der Waals surface area contributed by atoms with Crippen molar-refractivity contribution in [3.63, 3.8) is 0 Å². The van der Waals surface area contributed by atoms with Gasteiger partial charge in [0.05, 0.1) is 19.2 Å². The summed E-state index contributed by atoms with van der Waals surface area (Å²) in [5.74, 6) is 1.27. The van der Waals surface area contributed by atoms with Crippen molar-refractivity contribution in [1.82, 2.24) is 9.88 Å². The summed E-state index contributed by atoms with van der Waals surface area (Å²) < 4.78 is 10.7. The SMILES string of the molecule is COc1ccc(CN2CCN(c3ccncc3C)CC2)c(Cl)c1OC. The van der Waals surface area contributed by atoms with Gasteiger partial charge in [0.2, 0.25) is 0 Å². The molecule has 1 aliphatic heterocycles. The Hall–Kier alpha value is -1.98. The number of rotatable bonds is 5. The predicted molar refractivity (Wildman–Crippen MR) is 101 cm³/mol. The van der Waals surface area contributed by atoms with Gasteiger partial charge < -0.3 is 14.4 Å². The first-order valence-corrected chi connectivity index (χ1v) is 8.79. The van der Waals surface area contributed by atoms with Crippen LogP contribution in [0.5, 0.6) is 11.5 Å². The molecule has 1 fully saturated rings. The molecule has 134 valence electrons. The molecule has 0 atom stereocenters. The highest BCUT2D eigenvalue weighted by atomic mass is 35.5. The van der Waals surface area contributed by atoms with Crippen LogP contribution in [-0.2, 0) is 6.54 Å². The number of anilines is 1. The first-order valence-electron chi connectivity index (χ1n) is 8.41. The molecule has 2 aromatic rings. The summed E-state index contributed by atoms with van der Waals surface area (Å²) in [4.78, 5) is 9.01. The molecule has 0 unspecified atom stereocenters. The summed E-state index contributed by atoms with van der Waals surface area (Å²) in [7, 11) is 3.23. The molecule has 6 heteroatoms. The van der Waals surface area contributed by atoms with E-state index in [4.69, 9.17) is 21.1 Å². The number of hydrogen-bond donors (Lipinski definition) is 0. The van der Waals surface area contributed by atoms with Crippen molar-refractivity contribution in [2.45, 2.75) is 13.5 Å². The largest absolute Gasteiger partial charge is 0.493 e. The molecular weight excluding hydrogens is 338 g/mol. The van der Waals surface area contributed by atoms with Crippen molar-refractivity contribution < 1.29 is 9.47 Å². The summed E-state index contributed by atoms with van der Waals surface area (Å²) in [6.45, 7) is 6.89. The van der Waals surface area contributed by atoms with Crippen LogP contribution >= 0.6 is 11.6 Å². The minimum Gasteiger partial charge on any atom is -0.493 e. The second-order valence-electron chi connectivity index (χ2n) is 6.20. The van der Waals surface area contributed by atoms with Crippen LogP contribution < -0.4 is 14.4 Å². The van der Waals surface area contributed by atoms with Crippen LogP contribution in [0.2, 0.25) is 5.02 Å². The molecule has 25 heavy (non-hydrogen) atoms. The summed E-state index contributed by atoms with van der Waals surface area (Å²) in [5.41, 5.74) is 3.56. The van der Waals surface area contributed by atoms with Gasteiger partial charge in [0.25, 0.3) is 0 Å². The van der Waals surface area contributed by atoms with Gasteiger partial charge in [-0.25, -0.2) is 0 Å². The Labute approximate surface area is 154 Å². The van der Waals surface area contributed by atoms with Crippen molar-refractivity contribution in [3.8, 4) is 11.5 Å². The Morgan fingerprint density at radius 2 is 1.84 bits per heavy atom. The summed E-state index contributed by atoms with van der Waals surface area (Å²) in [6.07, 6.45) is 3.78. The number of halogens is 1. The van der Waals surface area contributed by atoms with Gasteiger partial charge in [-0.15, -0.1) is 0 Å². The number of nitrogens with zero attached hydrogens (tertiary/aromatic N) is 3. The molecule has 0 spiro atoms. The Morgan fingerprint density at radius 1 is 1.08 bits per heavy atom. The van der Waals surface area contributed by atoms with Gasteiger partial charge in [0.1, 0.15) is 0 Å².